The van der Waals surface area contributed by atoms with Gasteiger partial charge in [0, 0.05) is 30.8 Å². The third-order valence-corrected chi connectivity index (χ3v) is 6.22. The van der Waals surface area contributed by atoms with Crippen LogP contribution < -0.4 is 5.32 Å². The normalized spacial score (nSPS) is 15.6. The van der Waals surface area contributed by atoms with Crippen molar-refractivity contribution in [1.29, 1.82) is 0 Å². The number of imidazole rings is 1. The molecule has 1 N–H and O–H groups in total. The lowest BCUT2D eigenvalue weighted by Gasteiger charge is -2.28. The Kier molecular flexibility index (Phi) is 5.22. The van der Waals surface area contributed by atoms with Crippen LogP contribution in [0.5, 0.6) is 0 Å². The van der Waals surface area contributed by atoms with Crippen molar-refractivity contribution in [3.8, 4) is 11.3 Å². The molecule has 1 saturated carbocycles. The Morgan fingerprint density at radius 2 is 1.84 bits per heavy atom. The molecule has 2 heterocycles. The summed E-state index contributed by atoms with van der Waals surface area (Å²) >= 11 is 0. The van der Waals surface area contributed by atoms with Gasteiger partial charge in [-0.3, -0.25) is 4.79 Å². The minimum absolute atomic E-state index is 0.220. The van der Waals surface area contributed by atoms with E-state index in [2.05, 4.69) is 28.9 Å². The molecule has 1 aromatic heterocycles. The summed E-state index contributed by atoms with van der Waals surface area (Å²) in [7, 11) is 0. The first-order valence-electron chi connectivity index (χ1n) is 11.0. The van der Waals surface area contributed by atoms with E-state index >= 15 is 0 Å². The van der Waals surface area contributed by atoms with Crippen LogP contribution in [0.15, 0.2) is 48.5 Å². The first kappa shape index (κ1) is 19.8. The number of hydrogen-bond donors (Lipinski definition) is 1. The summed E-state index contributed by atoms with van der Waals surface area (Å²) in [5.41, 5.74) is 3.80. The number of nitrogens with one attached hydrogen (secondary N) is 1. The second-order valence-electron chi connectivity index (χ2n) is 8.67. The third-order valence-electron chi connectivity index (χ3n) is 6.22. The first-order valence-corrected chi connectivity index (χ1v) is 11.0. The number of carbonyl (C=O) groups excluding carboxylic acids is 1. The second-order valence-corrected chi connectivity index (χ2v) is 8.67. The lowest BCUT2D eigenvalue weighted by Crippen LogP contribution is -2.38. The highest BCUT2D eigenvalue weighted by molar-refractivity contribution is 5.78. The predicted octanol–water partition coefficient (Wildman–Crippen LogP) is 5.27. The summed E-state index contributed by atoms with van der Waals surface area (Å²) in [5.74, 6) is 2.45. The van der Waals surface area contributed by atoms with Crippen molar-refractivity contribution in [3.63, 3.8) is 0 Å². The number of aryl methyl sites for hydroxylation is 1. The average Bonchev–Trinajstić information content (AvgIpc) is 3.55. The van der Waals surface area contributed by atoms with Crippen molar-refractivity contribution in [3.05, 3.63) is 65.7 Å². The molecule has 1 fully saturated rings. The smallest absolute Gasteiger partial charge is 0.223 e. The maximum absolute atomic E-state index is 13.5. The van der Waals surface area contributed by atoms with Crippen molar-refractivity contribution >= 4 is 17.4 Å². The second kappa shape index (κ2) is 8.17. The SMILES string of the molecule is Cc1ccc(Nc2c(-c3ccc(F)cc3)nc3n2CCN(C(=O)CCC2CC2)C3)cc1. The molecule has 3 aromatic rings. The standard InChI is InChI=1S/C25H27FN4O/c1-17-2-11-21(12-3-17)27-25-24(19-7-9-20(26)10-8-19)28-22-16-29(14-15-30(22)25)23(31)13-6-18-4-5-18/h2-3,7-12,18,27H,4-6,13-16H2,1H3. The van der Waals surface area contributed by atoms with Gasteiger partial charge in [0.1, 0.15) is 23.2 Å². The summed E-state index contributed by atoms with van der Waals surface area (Å²) in [6, 6.07) is 14.6. The zero-order valence-electron chi connectivity index (χ0n) is 17.8. The molecule has 1 aliphatic heterocycles. The molecular weight excluding hydrogens is 391 g/mol. The number of benzene rings is 2. The molecule has 0 spiro atoms. The molecule has 160 valence electrons. The van der Waals surface area contributed by atoms with Crippen LogP contribution in [0.2, 0.25) is 0 Å². The molecule has 6 heteroatoms. The molecule has 31 heavy (non-hydrogen) atoms. The van der Waals surface area contributed by atoms with E-state index < -0.39 is 0 Å². The van der Waals surface area contributed by atoms with Crippen LogP contribution in [0.25, 0.3) is 11.3 Å². The minimum Gasteiger partial charge on any atom is -0.340 e. The Hall–Kier alpha value is -3.15. The number of fused-ring (bicyclic) bond motifs is 1. The van der Waals surface area contributed by atoms with Crippen molar-refractivity contribution in [1.82, 2.24) is 14.5 Å². The van der Waals surface area contributed by atoms with Crippen LogP contribution in [0.3, 0.4) is 0 Å². The molecule has 1 amide bonds. The zero-order chi connectivity index (χ0) is 21.4. The summed E-state index contributed by atoms with van der Waals surface area (Å²) < 4.78 is 15.7. The van der Waals surface area contributed by atoms with Crippen molar-refractivity contribution in [2.75, 3.05) is 11.9 Å². The van der Waals surface area contributed by atoms with Gasteiger partial charge >= 0.3 is 0 Å². The van der Waals surface area contributed by atoms with Crippen molar-refractivity contribution in [2.24, 2.45) is 5.92 Å². The van der Waals surface area contributed by atoms with Crippen LogP contribution in [-0.4, -0.2) is 26.9 Å². The van der Waals surface area contributed by atoms with Crippen LogP contribution >= 0.6 is 0 Å². The molecule has 2 aromatic carbocycles. The van der Waals surface area contributed by atoms with E-state index in [9.17, 15) is 9.18 Å². The fourth-order valence-corrected chi connectivity index (χ4v) is 4.15. The van der Waals surface area contributed by atoms with Gasteiger partial charge in [-0.2, -0.15) is 0 Å². The Labute approximate surface area is 181 Å². The molecule has 0 unspecified atom stereocenters. The largest absolute Gasteiger partial charge is 0.340 e. The van der Waals surface area contributed by atoms with E-state index in [-0.39, 0.29) is 11.7 Å². The third kappa shape index (κ3) is 4.33. The molecule has 0 radical (unpaired) electrons. The summed E-state index contributed by atoms with van der Waals surface area (Å²) in [6.45, 7) is 3.93. The number of amides is 1. The first-order chi connectivity index (χ1) is 15.1. The molecule has 0 atom stereocenters. The molecule has 0 saturated heterocycles. The van der Waals surface area contributed by atoms with Crippen molar-refractivity contribution < 1.29 is 9.18 Å². The summed E-state index contributed by atoms with van der Waals surface area (Å²) in [5, 5.41) is 3.52. The lowest BCUT2D eigenvalue weighted by atomic mass is 10.1. The van der Waals surface area contributed by atoms with Crippen LogP contribution in [0, 0.1) is 18.7 Å². The highest BCUT2D eigenvalue weighted by atomic mass is 19.1. The molecule has 2 aliphatic rings. The van der Waals surface area contributed by atoms with Crippen molar-refractivity contribution in [2.45, 2.75) is 45.7 Å². The number of nitrogens with zero attached hydrogens (tertiary/aromatic N) is 3. The van der Waals surface area contributed by atoms with Gasteiger partial charge in [-0.25, -0.2) is 9.37 Å². The van der Waals surface area contributed by atoms with E-state index in [1.165, 1.54) is 30.5 Å². The zero-order valence-corrected chi connectivity index (χ0v) is 17.8. The van der Waals surface area contributed by atoms with E-state index in [1.807, 2.05) is 17.0 Å². The van der Waals surface area contributed by atoms with E-state index in [4.69, 9.17) is 4.98 Å². The van der Waals surface area contributed by atoms with E-state index in [0.29, 0.717) is 26.1 Å². The minimum atomic E-state index is -0.270. The quantitative estimate of drug-likeness (QED) is 0.593. The van der Waals surface area contributed by atoms with Crippen LogP contribution in [0.4, 0.5) is 15.9 Å². The highest BCUT2D eigenvalue weighted by Gasteiger charge is 2.28. The number of hydrogen-bond acceptors (Lipinski definition) is 3. The van der Waals surface area contributed by atoms with Crippen LogP contribution in [0.1, 0.15) is 37.1 Å². The number of rotatable bonds is 6. The summed E-state index contributed by atoms with van der Waals surface area (Å²) in [4.78, 5) is 19.5. The molecular formula is C25H27FN4O. The molecule has 0 bridgehead atoms. The molecule has 5 rings (SSSR count). The van der Waals surface area contributed by atoms with Gasteiger partial charge in [0.25, 0.3) is 0 Å². The number of halogens is 1. The lowest BCUT2D eigenvalue weighted by molar-refractivity contribution is -0.132. The van der Waals surface area contributed by atoms with Gasteiger partial charge in [-0.1, -0.05) is 30.5 Å². The fraction of sp³-hybridized carbons (Fsp3) is 0.360. The number of carbonyl (C=O) groups is 1. The van der Waals surface area contributed by atoms with Gasteiger partial charge in [0.05, 0.1) is 6.54 Å². The van der Waals surface area contributed by atoms with E-state index in [1.54, 1.807) is 12.1 Å². The van der Waals surface area contributed by atoms with Gasteiger partial charge in [0.15, 0.2) is 0 Å². The van der Waals surface area contributed by atoms with Gasteiger partial charge < -0.3 is 14.8 Å². The van der Waals surface area contributed by atoms with Gasteiger partial charge in [-0.15, -0.1) is 0 Å². The maximum atomic E-state index is 13.5. The highest BCUT2D eigenvalue weighted by Crippen LogP contribution is 2.35. The Morgan fingerprint density at radius 1 is 1.10 bits per heavy atom. The van der Waals surface area contributed by atoms with Gasteiger partial charge in [0.2, 0.25) is 5.91 Å². The topological polar surface area (TPSA) is 50.2 Å². The Bertz CT molecular complexity index is 1080. The molecule has 5 nitrogen and oxygen atoms in total. The summed E-state index contributed by atoms with van der Waals surface area (Å²) in [6.07, 6.45) is 4.18. The Balaban J connectivity index is 1.45. The fourth-order valence-electron chi connectivity index (χ4n) is 4.15. The number of aromatic nitrogens is 2. The Morgan fingerprint density at radius 3 is 2.55 bits per heavy atom. The monoisotopic (exact) mass is 418 g/mol. The van der Waals surface area contributed by atoms with E-state index in [0.717, 1.165) is 40.9 Å². The average molecular weight is 419 g/mol. The predicted molar refractivity (Wildman–Crippen MR) is 119 cm³/mol. The number of anilines is 2. The van der Waals surface area contributed by atoms with Gasteiger partial charge in [-0.05, 0) is 55.7 Å². The van der Waals surface area contributed by atoms with Crippen LogP contribution in [-0.2, 0) is 17.9 Å². The maximum Gasteiger partial charge on any atom is 0.223 e. The molecule has 1 aliphatic carbocycles.